The van der Waals surface area contributed by atoms with Crippen LogP contribution in [0.15, 0.2) is 0 Å². The quantitative estimate of drug-likeness (QED) is 0.171. The second-order valence-corrected chi connectivity index (χ2v) is 9.23. The average Bonchev–Trinajstić information content (AvgIpc) is 2.79. The Kier molecular flexibility index (Phi) is 16.2. The first-order valence-electron chi connectivity index (χ1n) is 12.8. The van der Waals surface area contributed by atoms with Gasteiger partial charge in [-0.1, -0.05) is 77.6 Å². The van der Waals surface area contributed by atoms with Gasteiger partial charge in [-0.3, -0.25) is 4.79 Å². The van der Waals surface area contributed by atoms with Crippen molar-refractivity contribution in [1.29, 1.82) is 0 Å². The lowest BCUT2D eigenvalue weighted by molar-refractivity contribution is -0.230. The van der Waals surface area contributed by atoms with Crippen molar-refractivity contribution in [1.82, 2.24) is 5.32 Å². The van der Waals surface area contributed by atoms with E-state index in [0.29, 0.717) is 6.54 Å². The van der Waals surface area contributed by atoms with E-state index in [9.17, 15) is 25.2 Å². The van der Waals surface area contributed by atoms with Gasteiger partial charge in [-0.2, -0.15) is 0 Å². The van der Waals surface area contributed by atoms with Crippen LogP contribution in [0.3, 0.4) is 0 Å². The zero-order chi connectivity index (χ0) is 23.8. The predicted octanol–water partition coefficient (Wildman–Crippen LogP) is 1.75. The van der Waals surface area contributed by atoms with Gasteiger partial charge in [0.05, 0.1) is 18.8 Å². The van der Waals surface area contributed by atoms with Gasteiger partial charge in [-0.05, 0) is 19.3 Å². The number of nitrogens with two attached hydrogens (primary N) is 1. The molecule has 32 heavy (non-hydrogen) atoms. The van der Waals surface area contributed by atoms with E-state index in [1.165, 1.54) is 64.2 Å². The molecule has 1 aliphatic rings. The number of aliphatic hydroxyl groups is 4. The Morgan fingerprint density at radius 1 is 0.844 bits per heavy atom. The maximum Gasteiger partial charge on any atom is 0.236 e. The third kappa shape index (κ3) is 11.4. The molecule has 0 bridgehead atoms. The van der Waals surface area contributed by atoms with Crippen LogP contribution in [0.2, 0.25) is 0 Å². The highest BCUT2D eigenvalue weighted by Crippen LogP contribution is 2.24. The van der Waals surface area contributed by atoms with Gasteiger partial charge in [-0.15, -0.1) is 0 Å². The van der Waals surface area contributed by atoms with E-state index < -0.39 is 43.2 Å². The molecule has 0 unspecified atom stereocenters. The fourth-order valence-corrected chi connectivity index (χ4v) is 4.20. The van der Waals surface area contributed by atoms with Crippen molar-refractivity contribution in [3.8, 4) is 0 Å². The van der Waals surface area contributed by atoms with E-state index in [0.717, 1.165) is 12.8 Å². The minimum atomic E-state index is -1.40. The molecular formula is C24H48N2O6. The molecule has 6 atom stereocenters. The number of amides is 1. The number of hydrogen-bond acceptors (Lipinski definition) is 7. The molecule has 8 nitrogen and oxygen atoms in total. The molecule has 7 N–H and O–H groups in total. The Bertz CT molecular complexity index is 479. The number of aliphatic hydroxyl groups excluding tert-OH is 4. The van der Waals surface area contributed by atoms with Crippen LogP contribution in [0.25, 0.3) is 0 Å². The SMILES string of the molecule is CCCCCCCCCCCCCCNC(=O)[C@H](N)CC[C@@H]1O[C@H](CO)[C@H](O)[C@H](O)[C@H]1O. The Labute approximate surface area is 193 Å². The number of hydrogen-bond donors (Lipinski definition) is 6. The number of ether oxygens (including phenoxy) is 1. The van der Waals surface area contributed by atoms with Gasteiger partial charge in [0.2, 0.25) is 5.91 Å². The van der Waals surface area contributed by atoms with Crippen LogP contribution in [-0.4, -0.2) is 76.0 Å². The van der Waals surface area contributed by atoms with Gasteiger partial charge >= 0.3 is 0 Å². The van der Waals surface area contributed by atoms with Crippen molar-refractivity contribution < 1.29 is 30.0 Å². The van der Waals surface area contributed by atoms with Crippen LogP contribution in [0, 0.1) is 0 Å². The zero-order valence-electron chi connectivity index (χ0n) is 20.0. The van der Waals surface area contributed by atoms with E-state index in [4.69, 9.17) is 10.5 Å². The summed E-state index contributed by atoms with van der Waals surface area (Å²) >= 11 is 0. The normalized spacial score (nSPS) is 26.8. The van der Waals surface area contributed by atoms with Crippen LogP contribution in [0.5, 0.6) is 0 Å². The highest BCUT2D eigenvalue weighted by molar-refractivity contribution is 5.81. The number of unbranched alkanes of at least 4 members (excludes halogenated alkanes) is 11. The van der Waals surface area contributed by atoms with Crippen LogP contribution < -0.4 is 11.1 Å². The van der Waals surface area contributed by atoms with Crippen molar-refractivity contribution >= 4 is 5.91 Å². The summed E-state index contributed by atoms with van der Waals surface area (Å²) in [6.45, 7) is 2.38. The third-order valence-corrected chi connectivity index (χ3v) is 6.42. The Balaban J connectivity index is 2.04. The molecule has 1 heterocycles. The summed E-state index contributed by atoms with van der Waals surface area (Å²) in [7, 11) is 0. The molecule has 0 aromatic carbocycles. The van der Waals surface area contributed by atoms with Crippen LogP contribution in [-0.2, 0) is 9.53 Å². The molecule has 0 saturated carbocycles. The first kappa shape index (κ1) is 29.3. The van der Waals surface area contributed by atoms with Crippen LogP contribution >= 0.6 is 0 Å². The summed E-state index contributed by atoms with van der Waals surface area (Å²) in [5.41, 5.74) is 5.95. The van der Waals surface area contributed by atoms with E-state index in [1.807, 2.05) is 0 Å². The first-order chi connectivity index (χ1) is 15.4. The molecule has 0 aromatic heterocycles. The fraction of sp³-hybridized carbons (Fsp3) is 0.958. The number of rotatable bonds is 18. The highest BCUT2D eigenvalue weighted by atomic mass is 16.5. The fourth-order valence-electron chi connectivity index (χ4n) is 4.20. The highest BCUT2D eigenvalue weighted by Gasteiger charge is 2.43. The summed E-state index contributed by atoms with van der Waals surface area (Å²) in [6, 6.07) is -0.736. The van der Waals surface area contributed by atoms with Crippen LogP contribution in [0.1, 0.15) is 96.8 Å². The number of carbonyl (C=O) groups is 1. The Hall–Kier alpha value is -0.770. The summed E-state index contributed by atoms with van der Waals surface area (Å²) in [5, 5.41) is 41.8. The third-order valence-electron chi connectivity index (χ3n) is 6.42. The van der Waals surface area contributed by atoms with Crippen molar-refractivity contribution in [3.05, 3.63) is 0 Å². The molecule has 0 spiro atoms. The van der Waals surface area contributed by atoms with Crippen molar-refractivity contribution in [3.63, 3.8) is 0 Å². The second kappa shape index (κ2) is 17.7. The van der Waals surface area contributed by atoms with Gasteiger partial charge in [0, 0.05) is 6.54 Å². The standard InChI is InChI=1S/C24H48N2O6/c1-2-3-4-5-6-7-8-9-10-11-12-13-16-26-24(31)18(25)14-15-19-21(28)23(30)22(29)20(17-27)32-19/h18-23,27-30H,2-17,25H2,1H3,(H,26,31)/t18-,19+,20-,21+,22+,23-/m1/s1. The lowest BCUT2D eigenvalue weighted by atomic mass is 9.92. The van der Waals surface area contributed by atoms with Gasteiger partial charge in [0.15, 0.2) is 0 Å². The predicted molar refractivity (Wildman–Crippen MR) is 125 cm³/mol. The van der Waals surface area contributed by atoms with E-state index in [-0.39, 0.29) is 18.7 Å². The molecule has 0 radical (unpaired) electrons. The van der Waals surface area contributed by atoms with Crippen LogP contribution in [0.4, 0.5) is 0 Å². The summed E-state index contributed by atoms with van der Waals surface area (Å²) in [4.78, 5) is 12.2. The molecule has 1 aliphatic heterocycles. The Morgan fingerprint density at radius 3 is 1.88 bits per heavy atom. The van der Waals surface area contributed by atoms with E-state index >= 15 is 0 Å². The molecule has 8 heteroatoms. The molecule has 1 saturated heterocycles. The minimum absolute atomic E-state index is 0.238. The zero-order valence-corrected chi connectivity index (χ0v) is 20.0. The minimum Gasteiger partial charge on any atom is -0.394 e. The first-order valence-corrected chi connectivity index (χ1v) is 12.8. The van der Waals surface area contributed by atoms with E-state index in [1.54, 1.807) is 0 Å². The summed E-state index contributed by atoms with van der Waals surface area (Å²) < 4.78 is 5.45. The second-order valence-electron chi connectivity index (χ2n) is 9.23. The summed E-state index contributed by atoms with van der Waals surface area (Å²) in [6.07, 6.45) is 9.93. The van der Waals surface area contributed by atoms with Crippen molar-refractivity contribution in [2.75, 3.05) is 13.2 Å². The molecule has 190 valence electrons. The smallest absolute Gasteiger partial charge is 0.236 e. The van der Waals surface area contributed by atoms with Crippen molar-refractivity contribution in [2.24, 2.45) is 5.73 Å². The number of nitrogens with one attached hydrogen (secondary N) is 1. The van der Waals surface area contributed by atoms with Gasteiger partial charge in [-0.25, -0.2) is 0 Å². The lowest BCUT2D eigenvalue weighted by Gasteiger charge is -2.40. The molecule has 0 aliphatic carbocycles. The molecule has 1 rings (SSSR count). The molecular weight excluding hydrogens is 412 g/mol. The van der Waals surface area contributed by atoms with Gasteiger partial charge in [0.25, 0.3) is 0 Å². The topological polar surface area (TPSA) is 145 Å². The Morgan fingerprint density at radius 2 is 1.34 bits per heavy atom. The lowest BCUT2D eigenvalue weighted by Crippen LogP contribution is -2.58. The van der Waals surface area contributed by atoms with E-state index in [2.05, 4.69) is 12.2 Å². The van der Waals surface area contributed by atoms with Gasteiger partial charge in [0.1, 0.15) is 24.4 Å². The largest absolute Gasteiger partial charge is 0.394 e. The molecule has 1 amide bonds. The molecule has 1 fully saturated rings. The monoisotopic (exact) mass is 460 g/mol. The number of carbonyl (C=O) groups excluding carboxylic acids is 1. The summed E-state index contributed by atoms with van der Waals surface area (Å²) in [5.74, 6) is -0.238. The van der Waals surface area contributed by atoms with Crippen molar-refractivity contribution in [2.45, 2.75) is 133 Å². The average molecular weight is 461 g/mol. The van der Waals surface area contributed by atoms with Gasteiger partial charge < -0.3 is 36.2 Å². The maximum absolute atomic E-state index is 12.2. The maximum atomic E-state index is 12.2. The molecule has 0 aromatic rings.